The average Bonchev–Trinajstić information content (AvgIpc) is 3.13. The van der Waals surface area contributed by atoms with Gasteiger partial charge in [-0.1, -0.05) is 5.16 Å². The number of ether oxygens (including phenoxy) is 3. The maximum absolute atomic E-state index is 12.5. The Hall–Kier alpha value is -2.88. The number of oxime groups is 1. The van der Waals surface area contributed by atoms with Crippen molar-refractivity contribution in [2.45, 2.75) is 24.9 Å². The minimum Gasteiger partial charge on any atom is -0.475 e. The van der Waals surface area contributed by atoms with Gasteiger partial charge in [0.15, 0.2) is 5.71 Å². The van der Waals surface area contributed by atoms with Crippen molar-refractivity contribution in [3.05, 3.63) is 18.3 Å². The van der Waals surface area contributed by atoms with E-state index in [4.69, 9.17) is 14.3 Å². The second kappa shape index (κ2) is 8.87. The van der Waals surface area contributed by atoms with Crippen LogP contribution in [0.1, 0.15) is 19.3 Å². The predicted octanol–water partition coefficient (Wildman–Crippen LogP) is 1.42. The summed E-state index contributed by atoms with van der Waals surface area (Å²) >= 11 is 0. The summed E-state index contributed by atoms with van der Waals surface area (Å²) in [4.78, 5) is 35.4. The van der Waals surface area contributed by atoms with Gasteiger partial charge in [-0.3, -0.25) is 0 Å². The van der Waals surface area contributed by atoms with Crippen molar-refractivity contribution in [1.29, 1.82) is 0 Å². The molecular weight excluding hydrogens is 368 g/mol. The first-order valence-electron chi connectivity index (χ1n) is 9.02. The Labute approximate surface area is 162 Å². The van der Waals surface area contributed by atoms with E-state index in [0.29, 0.717) is 62.8 Å². The van der Waals surface area contributed by atoms with Gasteiger partial charge in [-0.2, -0.15) is 0 Å². The molecule has 0 atom stereocenters. The average molecular weight is 392 g/mol. The predicted molar refractivity (Wildman–Crippen MR) is 99.3 cm³/mol. The van der Waals surface area contributed by atoms with Crippen molar-refractivity contribution in [3.63, 3.8) is 0 Å². The first-order valence-corrected chi connectivity index (χ1v) is 9.02. The second-order valence-corrected chi connectivity index (χ2v) is 6.62. The van der Waals surface area contributed by atoms with Crippen LogP contribution in [0.2, 0.25) is 0 Å². The van der Waals surface area contributed by atoms with Crippen molar-refractivity contribution < 1.29 is 28.6 Å². The monoisotopic (exact) mass is 392 g/mol. The maximum atomic E-state index is 12.5. The normalized spacial score (nSPS) is 17.6. The summed E-state index contributed by atoms with van der Waals surface area (Å²) in [6, 6.07) is 3.21. The molecule has 1 aromatic rings. The highest BCUT2D eigenvalue weighted by Crippen LogP contribution is 2.35. The van der Waals surface area contributed by atoms with E-state index in [9.17, 15) is 9.59 Å². The number of piperidine rings is 1. The Bertz CT molecular complexity index is 728. The molecule has 10 nitrogen and oxygen atoms in total. The number of nitrogens with zero attached hydrogens (tertiary/aromatic N) is 3. The molecule has 2 aliphatic heterocycles. The van der Waals surface area contributed by atoms with Crippen LogP contribution >= 0.6 is 0 Å². The van der Waals surface area contributed by atoms with Crippen LogP contribution in [0.4, 0.5) is 10.5 Å². The van der Waals surface area contributed by atoms with Gasteiger partial charge in [0.05, 0.1) is 25.6 Å². The van der Waals surface area contributed by atoms with Crippen molar-refractivity contribution in [2.24, 2.45) is 5.16 Å². The number of carbonyl (C=O) groups is 2. The summed E-state index contributed by atoms with van der Waals surface area (Å²) < 4.78 is 15.0. The molecule has 0 bridgehead atoms. The zero-order valence-electron chi connectivity index (χ0n) is 16.0. The number of urea groups is 1. The molecule has 1 saturated heterocycles. The third-order valence-electron chi connectivity index (χ3n) is 4.75. The fourth-order valence-corrected chi connectivity index (χ4v) is 3.11. The lowest BCUT2D eigenvalue weighted by molar-refractivity contribution is -0.132. The largest absolute Gasteiger partial charge is 0.475 e. The van der Waals surface area contributed by atoms with Gasteiger partial charge in [0, 0.05) is 45.5 Å². The van der Waals surface area contributed by atoms with Crippen LogP contribution in [-0.4, -0.2) is 73.7 Å². The number of aromatic nitrogens is 1. The Morgan fingerprint density at radius 1 is 1.25 bits per heavy atom. The SMILES string of the molecule is COCCOc1ccc(NC(=O)N2CCC3(CC2)CC(C(=O)OC)=NO3)cn1. The molecule has 28 heavy (non-hydrogen) atoms. The first-order chi connectivity index (χ1) is 13.5. The van der Waals surface area contributed by atoms with E-state index >= 15 is 0 Å². The van der Waals surface area contributed by atoms with E-state index < -0.39 is 11.6 Å². The molecule has 10 heteroatoms. The van der Waals surface area contributed by atoms with Gasteiger partial charge in [-0.15, -0.1) is 0 Å². The Morgan fingerprint density at radius 2 is 2.04 bits per heavy atom. The molecule has 3 rings (SSSR count). The summed E-state index contributed by atoms with van der Waals surface area (Å²) in [5.41, 5.74) is 0.348. The molecule has 0 aliphatic carbocycles. The molecule has 0 aromatic carbocycles. The van der Waals surface area contributed by atoms with Gasteiger partial charge < -0.3 is 29.3 Å². The van der Waals surface area contributed by atoms with E-state index in [-0.39, 0.29) is 6.03 Å². The molecule has 1 fully saturated rings. The molecule has 1 spiro atoms. The number of esters is 1. The van der Waals surface area contributed by atoms with Gasteiger partial charge in [-0.25, -0.2) is 14.6 Å². The standard InChI is InChI=1S/C18H24N4O6/c1-25-9-10-27-15-4-3-13(12-19-15)20-17(24)22-7-5-18(6-8-22)11-14(21-28-18)16(23)26-2/h3-4,12H,5-11H2,1-2H3,(H,20,24). The Kier molecular flexibility index (Phi) is 6.30. The van der Waals surface area contributed by atoms with Crippen LogP contribution < -0.4 is 10.1 Å². The fourth-order valence-electron chi connectivity index (χ4n) is 3.11. The summed E-state index contributed by atoms with van der Waals surface area (Å²) in [7, 11) is 2.91. The number of hydrogen-bond acceptors (Lipinski definition) is 8. The van der Waals surface area contributed by atoms with Crippen LogP contribution in [0.15, 0.2) is 23.5 Å². The van der Waals surface area contributed by atoms with E-state index in [0.717, 1.165) is 0 Å². The van der Waals surface area contributed by atoms with Gasteiger partial charge >= 0.3 is 12.0 Å². The third kappa shape index (κ3) is 4.69. The number of hydrogen-bond donors (Lipinski definition) is 1. The minimum atomic E-state index is -0.525. The zero-order valence-corrected chi connectivity index (χ0v) is 16.0. The number of rotatable bonds is 6. The number of nitrogens with one attached hydrogen (secondary N) is 1. The zero-order chi connectivity index (χ0) is 20.0. The highest BCUT2D eigenvalue weighted by molar-refractivity contribution is 6.36. The molecule has 3 heterocycles. The Balaban J connectivity index is 1.46. The lowest BCUT2D eigenvalue weighted by Gasteiger charge is -2.37. The number of pyridine rings is 1. The molecule has 2 aliphatic rings. The summed E-state index contributed by atoms with van der Waals surface area (Å²) in [6.07, 6.45) is 3.13. The summed E-state index contributed by atoms with van der Waals surface area (Å²) in [6.45, 7) is 1.89. The highest BCUT2D eigenvalue weighted by atomic mass is 16.7. The summed E-state index contributed by atoms with van der Waals surface area (Å²) in [5.74, 6) is -0.00560. The third-order valence-corrected chi connectivity index (χ3v) is 4.75. The van der Waals surface area contributed by atoms with E-state index in [1.165, 1.54) is 7.11 Å². The quantitative estimate of drug-likeness (QED) is 0.576. The van der Waals surface area contributed by atoms with Gasteiger partial charge in [-0.05, 0) is 6.07 Å². The number of carbonyl (C=O) groups excluding carboxylic acids is 2. The topological polar surface area (TPSA) is 112 Å². The van der Waals surface area contributed by atoms with Crippen LogP contribution in [0.5, 0.6) is 5.88 Å². The number of likely N-dealkylation sites (tertiary alicyclic amines) is 1. The van der Waals surface area contributed by atoms with Crippen molar-refractivity contribution in [1.82, 2.24) is 9.88 Å². The van der Waals surface area contributed by atoms with Gasteiger partial charge in [0.2, 0.25) is 5.88 Å². The molecule has 0 saturated carbocycles. The molecule has 0 radical (unpaired) electrons. The van der Waals surface area contributed by atoms with Crippen molar-refractivity contribution >= 4 is 23.4 Å². The fraction of sp³-hybridized carbons (Fsp3) is 0.556. The van der Waals surface area contributed by atoms with Gasteiger partial charge in [0.25, 0.3) is 0 Å². The van der Waals surface area contributed by atoms with E-state index in [1.54, 1.807) is 30.3 Å². The molecular formula is C18H24N4O6. The van der Waals surface area contributed by atoms with E-state index in [1.807, 2.05) is 0 Å². The number of methoxy groups -OCH3 is 2. The van der Waals surface area contributed by atoms with Gasteiger partial charge in [0.1, 0.15) is 12.2 Å². The smallest absolute Gasteiger partial charge is 0.355 e. The molecule has 2 amide bonds. The molecule has 1 N–H and O–H groups in total. The van der Waals surface area contributed by atoms with Crippen LogP contribution in [0.25, 0.3) is 0 Å². The molecule has 1 aromatic heterocycles. The number of amides is 2. The molecule has 152 valence electrons. The lowest BCUT2D eigenvalue weighted by Crippen LogP contribution is -2.48. The first kappa shape index (κ1) is 19.9. The molecule has 0 unspecified atom stereocenters. The number of anilines is 1. The van der Waals surface area contributed by atoms with Crippen LogP contribution in [-0.2, 0) is 19.1 Å². The Morgan fingerprint density at radius 3 is 2.68 bits per heavy atom. The van der Waals surface area contributed by atoms with Crippen LogP contribution in [0.3, 0.4) is 0 Å². The van der Waals surface area contributed by atoms with Crippen LogP contribution in [0, 0.1) is 0 Å². The maximum Gasteiger partial charge on any atom is 0.355 e. The lowest BCUT2D eigenvalue weighted by atomic mass is 9.87. The summed E-state index contributed by atoms with van der Waals surface area (Å²) in [5, 5.41) is 6.67. The van der Waals surface area contributed by atoms with Crippen molar-refractivity contribution in [3.8, 4) is 5.88 Å². The minimum absolute atomic E-state index is 0.211. The van der Waals surface area contributed by atoms with Crippen molar-refractivity contribution in [2.75, 3.05) is 45.8 Å². The highest BCUT2D eigenvalue weighted by Gasteiger charge is 2.44. The van der Waals surface area contributed by atoms with E-state index in [2.05, 4.69) is 20.2 Å². The second-order valence-electron chi connectivity index (χ2n) is 6.62.